The highest BCUT2D eigenvalue weighted by molar-refractivity contribution is 8.00. The third-order valence-corrected chi connectivity index (χ3v) is 10.1. The molecule has 0 spiro atoms. The Labute approximate surface area is 204 Å². The van der Waals surface area contributed by atoms with Crippen LogP contribution in [0.15, 0.2) is 58.4 Å². The van der Waals surface area contributed by atoms with Crippen LogP contribution in [0, 0.1) is 17.8 Å². The van der Waals surface area contributed by atoms with Crippen molar-refractivity contribution in [3.63, 3.8) is 0 Å². The lowest BCUT2D eigenvalue weighted by Crippen LogP contribution is -2.33. The van der Waals surface area contributed by atoms with E-state index in [9.17, 15) is 9.59 Å². The van der Waals surface area contributed by atoms with E-state index in [1.54, 1.807) is 24.3 Å². The Morgan fingerprint density at radius 3 is 2.64 bits per heavy atom. The molecule has 2 saturated carbocycles. The maximum absolute atomic E-state index is 12.2. The van der Waals surface area contributed by atoms with Crippen LogP contribution in [0.3, 0.4) is 0 Å². The minimum atomic E-state index is -0.225. The van der Waals surface area contributed by atoms with E-state index >= 15 is 0 Å². The topological polar surface area (TPSA) is 71.2 Å². The van der Waals surface area contributed by atoms with Gasteiger partial charge in [-0.15, -0.1) is 11.8 Å². The number of fused-ring (bicyclic) bond motifs is 6. The number of anilines is 1. The minimum Gasteiger partial charge on any atom is -0.484 e. The summed E-state index contributed by atoms with van der Waals surface area (Å²) < 4.78 is 5.72. The first-order valence-electron chi connectivity index (χ1n) is 11.2. The molecule has 3 aliphatic rings. The van der Waals surface area contributed by atoms with Gasteiger partial charge in [0.1, 0.15) is 5.75 Å². The molecule has 0 saturated heterocycles. The van der Waals surface area contributed by atoms with Crippen LogP contribution in [0.5, 0.6) is 5.75 Å². The van der Waals surface area contributed by atoms with Crippen molar-refractivity contribution in [2.24, 2.45) is 17.8 Å². The molecular weight excluding hydrogens is 476 g/mol. The van der Waals surface area contributed by atoms with Crippen LogP contribution in [-0.4, -0.2) is 22.7 Å². The summed E-state index contributed by atoms with van der Waals surface area (Å²) >= 11 is 9.15. The van der Waals surface area contributed by atoms with Gasteiger partial charge >= 0.3 is 4.87 Å². The van der Waals surface area contributed by atoms with Gasteiger partial charge < -0.3 is 15.0 Å². The van der Waals surface area contributed by atoms with Crippen molar-refractivity contribution in [1.29, 1.82) is 0 Å². The molecule has 2 aliphatic carbocycles. The molecule has 3 aromatic rings. The summed E-state index contributed by atoms with van der Waals surface area (Å²) in [6.07, 6.45) is 3.95. The molecule has 170 valence electrons. The Hall–Kier alpha value is -2.22. The Bertz CT molecular complexity index is 1240. The number of ether oxygens (including phenoxy) is 1. The van der Waals surface area contributed by atoms with Gasteiger partial charge in [0.25, 0.3) is 5.91 Å². The molecule has 1 aromatic heterocycles. The number of aromatic nitrogens is 1. The van der Waals surface area contributed by atoms with E-state index in [-0.39, 0.29) is 23.3 Å². The third-order valence-electron chi connectivity index (χ3n) is 7.20. The molecule has 5 nitrogen and oxygen atoms in total. The van der Waals surface area contributed by atoms with Crippen LogP contribution >= 0.6 is 34.7 Å². The smallest absolute Gasteiger partial charge is 0.305 e. The first kappa shape index (κ1) is 21.3. The van der Waals surface area contributed by atoms with Crippen LogP contribution in [0.25, 0.3) is 0 Å². The molecule has 2 bridgehead atoms. The second kappa shape index (κ2) is 8.53. The zero-order valence-corrected chi connectivity index (χ0v) is 20.1. The van der Waals surface area contributed by atoms with Crippen molar-refractivity contribution in [2.45, 2.75) is 35.5 Å². The quantitative estimate of drug-likeness (QED) is 0.469. The van der Waals surface area contributed by atoms with Crippen LogP contribution in [0.2, 0.25) is 5.02 Å². The SMILES string of the molecule is O=C(COc1ccc([C@H]2c3sc(=O)[nH]c3SC3C4CCC(C4)C32)cc1)Nc1ccc(Cl)cc1. The predicted molar refractivity (Wildman–Crippen MR) is 133 cm³/mol. The Morgan fingerprint density at radius 2 is 1.85 bits per heavy atom. The second-order valence-corrected chi connectivity index (χ2v) is 11.7. The monoisotopic (exact) mass is 498 g/mol. The molecule has 8 heteroatoms. The summed E-state index contributed by atoms with van der Waals surface area (Å²) in [5.41, 5.74) is 1.91. The Kier molecular flexibility index (Phi) is 5.51. The number of thioether (sulfide) groups is 1. The number of rotatable bonds is 5. The highest BCUT2D eigenvalue weighted by Gasteiger charge is 2.54. The number of carbonyl (C=O) groups excluding carboxylic acids is 1. The number of nitrogens with one attached hydrogen (secondary N) is 2. The van der Waals surface area contributed by atoms with Crippen LogP contribution in [0.4, 0.5) is 5.69 Å². The normalized spacial score (nSPS) is 27.1. The summed E-state index contributed by atoms with van der Waals surface area (Å²) in [6.45, 7) is -0.0694. The fourth-order valence-corrected chi connectivity index (χ4v) is 8.89. The molecule has 4 unspecified atom stereocenters. The van der Waals surface area contributed by atoms with Gasteiger partial charge in [0.15, 0.2) is 6.61 Å². The maximum Gasteiger partial charge on any atom is 0.305 e. The van der Waals surface area contributed by atoms with E-state index in [2.05, 4.69) is 22.4 Å². The third kappa shape index (κ3) is 4.00. The summed E-state index contributed by atoms with van der Waals surface area (Å²) in [4.78, 5) is 28.7. The molecule has 2 heterocycles. The van der Waals surface area contributed by atoms with Gasteiger partial charge in [-0.25, -0.2) is 0 Å². The minimum absolute atomic E-state index is 0.0384. The number of carbonyl (C=O) groups is 1. The molecule has 1 amide bonds. The number of aromatic amines is 1. The van der Waals surface area contributed by atoms with E-state index in [4.69, 9.17) is 16.3 Å². The van der Waals surface area contributed by atoms with Crippen molar-refractivity contribution in [1.82, 2.24) is 4.98 Å². The van der Waals surface area contributed by atoms with E-state index < -0.39 is 0 Å². The van der Waals surface area contributed by atoms with E-state index in [1.165, 1.54) is 41.0 Å². The number of benzene rings is 2. The summed E-state index contributed by atoms with van der Waals surface area (Å²) in [7, 11) is 0. The van der Waals surface area contributed by atoms with Crippen molar-refractivity contribution < 1.29 is 9.53 Å². The highest BCUT2D eigenvalue weighted by Crippen LogP contribution is 2.63. The van der Waals surface area contributed by atoms with E-state index in [0.29, 0.717) is 27.6 Å². The van der Waals surface area contributed by atoms with Crippen LogP contribution in [0.1, 0.15) is 35.6 Å². The molecule has 6 rings (SSSR count). The van der Waals surface area contributed by atoms with Crippen LogP contribution in [-0.2, 0) is 4.79 Å². The van der Waals surface area contributed by atoms with Crippen molar-refractivity contribution >= 4 is 46.3 Å². The molecule has 2 N–H and O–H groups in total. The molecule has 0 radical (unpaired) electrons. The van der Waals surface area contributed by atoms with E-state index in [0.717, 1.165) is 16.9 Å². The number of H-pyrrole nitrogens is 1. The number of halogens is 1. The van der Waals surface area contributed by atoms with Gasteiger partial charge in [0.05, 0.1) is 5.03 Å². The molecule has 33 heavy (non-hydrogen) atoms. The number of amides is 1. The standard InChI is InChI=1S/C25H23ClN2O3S2/c26-16-5-7-17(8-6-16)27-19(29)12-31-18-9-3-13(4-10-18)20-21-14-1-2-15(11-14)22(21)32-24-23(20)33-25(30)28-24/h3-10,14-15,20-22H,1-2,11-12H2,(H,27,29)(H,28,30)/t14?,15?,20-,21?,22?/m1/s1. The van der Waals surface area contributed by atoms with Crippen molar-refractivity contribution in [3.8, 4) is 5.75 Å². The van der Waals surface area contributed by atoms with Crippen molar-refractivity contribution in [3.05, 3.63) is 73.7 Å². The number of hydrogen-bond acceptors (Lipinski definition) is 5. The summed E-state index contributed by atoms with van der Waals surface area (Å²) in [5, 5.41) is 5.09. The Balaban J connectivity index is 1.17. The first-order chi connectivity index (χ1) is 16.0. The van der Waals surface area contributed by atoms with Gasteiger partial charge in [0, 0.05) is 26.8 Å². The predicted octanol–water partition coefficient (Wildman–Crippen LogP) is 5.76. The fraction of sp³-hybridized carbons (Fsp3) is 0.360. The Morgan fingerprint density at radius 1 is 1.09 bits per heavy atom. The summed E-state index contributed by atoms with van der Waals surface area (Å²) in [5.74, 6) is 2.79. The lowest BCUT2D eigenvalue weighted by atomic mass is 9.75. The average Bonchev–Trinajstić information content (AvgIpc) is 3.52. The van der Waals surface area contributed by atoms with Gasteiger partial charge in [-0.1, -0.05) is 35.1 Å². The molecular formula is C25H23ClN2O3S2. The molecule has 1 aliphatic heterocycles. The molecule has 2 aromatic carbocycles. The second-order valence-electron chi connectivity index (χ2n) is 9.09. The molecule has 2 fully saturated rings. The highest BCUT2D eigenvalue weighted by atomic mass is 35.5. The van der Waals surface area contributed by atoms with Crippen molar-refractivity contribution in [2.75, 3.05) is 11.9 Å². The van der Waals surface area contributed by atoms with E-state index in [1.807, 2.05) is 23.9 Å². The maximum atomic E-state index is 12.2. The molecule has 5 atom stereocenters. The lowest BCUT2D eigenvalue weighted by molar-refractivity contribution is -0.118. The van der Waals surface area contributed by atoms with Gasteiger partial charge in [-0.2, -0.15) is 0 Å². The largest absolute Gasteiger partial charge is 0.484 e. The van der Waals surface area contributed by atoms with Gasteiger partial charge in [-0.05, 0) is 79.0 Å². The van der Waals surface area contributed by atoms with Crippen LogP contribution < -0.4 is 14.9 Å². The zero-order chi connectivity index (χ0) is 22.5. The summed E-state index contributed by atoms with van der Waals surface area (Å²) in [6, 6.07) is 15.0. The average molecular weight is 499 g/mol. The van der Waals surface area contributed by atoms with Gasteiger partial charge in [-0.3, -0.25) is 9.59 Å². The lowest BCUT2D eigenvalue weighted by Gasteiger charge is -2.40. The first-order valence-corrected chi connectivity index (χ1v) is 13.3. The fourth-order valence-electron chi connectivity index (χ4n) is 5.87. The zero-order valence-electron chi connectivity index (χ0n) is 17.8. The number of hydrogen-bond donors (Lipinski definition) is 2. The number of thiazole rings is 1. The van der Waals surface area contributed by atoms with Gasteiger partial charge in [0.2, 0.25) is 0 Å².